The number of carbonyl (C=O) groups excluding carboxylic acids is 2. The lowest BCUT2D eigenvalue weighted by atomic mass is 10.1. The third-order valence-electron chi connectivity index (χ3n) is 5.53. The second kappa shape index (κ2) is 8.57. The average Bonchev–Trinajstić information content (AvgIpc) is 3.37. The molecule has 0 spiro atoms. The molecule has 2 aromatic rings. The lowest BCUT2D eigenvalue weighted by Gasteiger charge is -2.20. The van der Waals surface area contributed by atoms with E-state index in [-0.39, 0.29) is 24.9 Å². The number of methoxy groups -OCH3 is 1. The topological polar surface area (TPSA) is 71.4 Å². The van der Waals surface area contributed by atoms with Crippen molar-refractivity contribution in [2.45, 2.75) is 13.0 Å². The molecule has 2 aliphatic heterocycles. The first-order chi connectivity index (χ1) is 14.6. The Morgan fingerprint density at radius 3 is 2.73 bits per heavy atom. The lowest BCUT2D eigenvalue weighted by Crippen LogP contribution is -2.32. The summed E-state index contributed by atoms with van der Waals surface area (Å²) in [6.07, 6.45) is 0.167. The Morgan fingerprint density at radius 1 is 1.20 bits per heavy atom. The molecule has 2 aromatic carbocycles. The predicted molar refractivity (Wildman–Crippen MR) is 114 cm³/mol. The van der Waals surface area contributed by atoms with Gasteiger partial charge in [0.2, 0.25) is 5.91 Å². The van der Waals surface area contributed by atoms with Crippen molar-refractivity contribution >= 4 is 23.4 Å². The van der Waals surface area contributed by atoms with Crippen molar-refractivity contribution < 1.29 is 19.1 Å². The van der Waals surface area contributed by atoms with Gasteiger partial charge in [0.25, 0.3) is 0 Å². The van der Waals surface area contributed by atoms with Crippen LogP contribution in [0.2, 0.25) is 0 Å². The standard InChI is InChI=1S/C23H25N3O4/c1-25(22-20-6-4-3-5-16(20)14-24-22)11-12-30-23(28)17-13-21(27)26(15-17)18-7-9-19(29-2)10-8-18/h3-10,17H,11-15H2,1-2H3. The summed E-state index contributed by atoms with van der Waals surface area (Å²) in [4.78, 5) is 33.1. The summed E-state index contributed by atoms with van der Waals surface area (Å²) < 4.78 is 10.6. The van der Waals surface area contributed by atoms with Gasteiger partial charge in [-0.05, 0) is 29.8 Å². The van der Waals surface area contributed by atoms with Gasteiger partial charge < -0.3 is 19.3 Å². The van der Waals surface area contributed by atoms with E-state index in [1.165, 1.54) is 5.56 Å². The molecule has 0 aliphatic carbocycles. The number of ether oxygens (including phenoxy) is 2. The number of anilines is 1. The molecule has 0 radical (unpaired) electrons. The first-order valence-electron chi connectivity index (χ1n) is 10.0. The highest BCUT2D eigenvalue weighted by molar-refractivity contribution is 6.02. The third kappa shape index (κ3) is 4.01. The maximum atomic E-state index is 12.5. The molecule has 1 fully saturated rings. The van der Waals surface area contributed by atoms with Gasteiger partial charge in [0.05, 0.1) is 26.1 Å². The monoisotopic (exact) mass is 407 g/mol. The number of amidine groups is 1. The zero-order chi connectivity index (χ0) is 21.1. The second-order valence-electron chi connectivity index (χ2n) is 7.49. The number of fused-ring (bicyclic) bond motifs is 1. The van der Waals surface area contributed by atoms with Crippen molar-refractivity contribution in [3.8, 4) is 5.75 Å². The van der Waals surface area contributed by atoms with Crippen LogP contribution in [0.1, 0.15) is 17.5 Å². The van der Waals surface area contributed by atoms with Crippen molar-refractivity contribution in [1.29, 1.82) is 0 Å². The number of amides is 1. The maximum absolute atomic E-state index is 12.5. The average molecular weight is 407 g/mol. The van der Waals surface area contributed by atoms with E-state index in [1.54, 1.807) is 24.1 Å². The predicted octanol–water partition coefficient (Wildman–Crippen LogP) is 2.48. The van der Waals surface area contributed by atoms with Crippen LogP contribution >= 0.6 is 0 Å². The van der Waals surface area contributed by atoms with Crippen LogP contribution in [0.5, 0.6) is 5.75 Å². The minimum atomic E-state index is -0.450. The number of esters is 1. The van der Waals surface area contributed by atoms with E-state index in [4.69, 9.17) is 9.47 Å². The van der Waals surface area contributed by atoms with Gasteiger partial charge in [0.15, 0.2) is 0 Å². The highest BCUT2D eigenvalue weighted by atomic mass is 16.5. The largest absolute Gasteiger partial charge is 0.497 e. The summed E-state index contributed by atoms with van der Waals surface area (Å²) in [5, 5.41) is 0. The van der Waals surface area contributed by atoms with Crippen molar-refractivity contribution in [3.05, 3.63) is 59.7 Å². The van der Waals surface area contributed by atoms with Gasteiger partial charge in [-0.3, -0.25) is 14.6 Å². The van der Waals surface area contributed by atoms with Crippen LogP contribution in [0.3, 0.4) is 0 Å². The Balaban J connectivity index is 1.28. The molecule has 1 atom stereocenters. The second-order valence-corrected chi connectivity index (χ2v) is 7.49. The summed E-state index contributed by atoms with van der Waals surface area (Å²) in [6, 6.07) is 15.4. The Labute approximate surface area is 175 Å². The van der Waals surface area contributed by atoms with E-state index in [9.17, 15) is 9.59 Å². The van der Waals surface area contributed by atoms with Gasteiger partial charge in [0.1, 0.15) is 18.2 Å². The molecule has 0 N–H and O–H groups in total. The Kier molecular flexibility index (Phi) is 5.70. The normalized spacial score (nSPS) is 17.5. The number of benzene rings is 2. The van der Waals surface area contributed by atoms with E-state index in [1.807, 2.05) is 36.2 Å². The van der Waals surface area contributed by atoms with Crippen LogP contribution in [0.4, 0.5) is 5.69 Å². The minimum Gasteiger partial charge on any atom is -0.497 e. The van der Waals surface area contributed by atoms with E-state index in [0.717, 1.165) is 22.8 Å². The zero-order valence-corrected chi connectivity index (χ0v) is 17.2. The fourth-order valence-corrected chi connectivity index (χ4v) is 3.83. The molecule has 1 amide bonds. The molecule has 1 unspecified atom stereocenters. The molecule has 0 aromatic heterocycles. The molecular weight excluding hydrogens is 382 g/mol. The maximum Gasteiger partial charge on any atom is 0.311 e. The number of likely N-dealkylation sites (N-methyl/N-ethyl adjacent to an activating group) is 1. The van der Waals surface area contributed by atoms with E-state index in [0.29, 0.717) is 19.6 Å². The van der Waals surface area contributed by atoms with Crippen LogP contribution in [-0.4, -0.2) is 56.5 Å². The van der Waals surface area contributed by atoms with Gasteiger partial charge in [-0.25, -0.2) is 0 Å². The number of hydrogen-bond acceptors (Lipinski definition) is 6. The summed E-state index contributed by atoms with van der Waals surface area (Å²) in [5.41, 5.74) is 3.09. The van der Waals surface area contributed by atoms with E-state index >= 15 is 0 Å². The molecule has 7 nitrogen and oxygen atoms in total. The van der Waals surface area contributed by atoms with Gasteiger partial charge in [-0.2, -0.15) is 0 Å². The van der Waals surface area contributed by atoms with Crippen LogP contribution in [0.25, 0.3) is 0 Å². The van der Waals surface area contributed by atoms with Gasteiger partial charge in [-0.15, -0.1) is 0 Å². The van der Waals surface area contributed by atoms with Crippen molar-refractivity contribution in [1.82, 2.24) is 4.90 Å². The highest BCUT2D eigenvalue weighted by Crippen LogP contribution is 2.27. The molecule has 2 aliphatic rings. The lowest BCUT2D eigenvalue weighted by molar-refractivity contribution is -0.148. The molecular formula is C23H25N3O4. The first kappa shape index (κ1) is 19.9. The number of aliphatic imine (C=N–C) groups is 1. The number of nitrogens with zero attached hydrogens (tertiary/aromatic N) is 3. The molecule has 0 bridgehead atoms. The molecule has 7 heteroatoms. The van der Waals surface area contributed by atoms with Crippen LogP contribution in [-0.2, 0) is 20.9 Å². The Hall–Kier alpha value is -3.35. The van der Waals surface area contributed by atoms with Gasteiger partial charge >= 0.3 is 5.97 Å². The van der Waals surface area contributed by atoms with Crippen molar-refractivity contribution in [3.63, 3.8) is 0 Å². The third-order valence-corrected chi connectivity index (χ3v) is 5.53. The zero-order valence-electron chi connectivity index (χ0n) is 17.2. The molecule has 4 rings (SSSR count). The summed E-state index contributed by atoms with van der Waals surface area (Å²) in [6.45, 7) is 1.81. The molecule has 0 saturated carbocycles. The van der Waals surface area contributed by atoms with Gasteiger partial charge in [0, 0.05) is 31.3 Å². The molecule has 2 heterocycles. The van der Waals surface area contributed by atoms with E-state index < -0.39 is 5.92 Å². The van der Waals surface area contributed by atoms with Crippen LogP contribution < -0.4 is 9.64 Å². The summed E-state index contributed by atoms with van der Waals surface area (Å²) in [5.74, 6) is 0.787. The minimum absolute atomic E-state index is 0.0730. The highest BCUT2D eigenvalue weighted by Gasteiger charge is 2.36. The summed E-state index contributed by atoms with van der Waals surface area (Å²) in [7, 11) is 3.54. The fourth-order valence-electron chi connectivity index (χ4n) is 3.83. The number of carbonyl (C=O) groups is 2. The number of hydrogen-bond donors (Lipinski definition) is 0. The van der Waals surface area contributed by atoms with Gasteiger partial charge in [-0.1, -0.05) is 24.3 Å². The molecule has 1 saturated heterocycles. The van der Waals surface area contributed by atoms with Crippen molar-refractivity contribution in [2.24, 2.45) is 10.9 Å². The number of rotatable bonds is 6. The first-order valence-corrected chi connectivity index (χ1v) is 10.0. The Bertz CT molecular complexity index is 971. The van der Waals surface area contributed by atoms with Crippen LogP contribution in [0.15, 0.2) is 53.5 Å². The fraction of sp³-hybridized carbons (Fsp3) is 0.348. The SMILES string of the molecule is COc1ccc(N2CC(C(=O)OCCN(C)C3=NCc4ccccc43)CC2=O)cc1. The van der Waals surface area contributed by atoms with Crippen molar-refractivity contribution in [2.75, 3.05) is 38.8 Å². The summed E-state index contributed by atoms with van der Waals surface area (Å²) >= 11 is 0. The smallest absolute Gasteiger partial charge is 0.311 e. The van der Waals surface area contributed by atoms with E-state index in [2.05, 4.69) is 17.1 Å². The van der Waals surface area contributed by atoms with Crippen LogP contribution in [0, 0.1) is 5.92 Å². The molecule has 30 heavy (non-hydrogen) atoms. The Morgan fingerprint density at radius 2 is 1.97 bits per heavy atom. The molecule has 156 valence electrons. The quantitative estimate of drug-likeness (QED) is 0.688.